The topological polar surface area (TPSA) is 76.1 Å². The van der Waals surface area contributed by atoms with Gasteiger partial charge in [-0.25, -0.2) is 0 Å². The number of hydrogen-bond donors (Lipinski definition) is 1. The van der Waals surface area contributed by atoms with Gasteiger partial charge in [0.1, 0.15) is 0 Å². The number of benzene rings is 1. The largest absolute Gasteiger partial charge is 0.493 e. The summed E-state index contributed by atoms with van der Waals surface area (Å²) < 4.78 is 10.5. The molecule has 1 aliphatic heterocycles. The van der Waals surface area contributed by atoms with E-state index in [9.17, 15) is 9.59 Å². The predicted molar refractivity (Wildman–Crippen MR) is 75.6 cm³/mol. The summed E-state index contributed by atoms with van der Waals surface area (Å²) in [5, 5.41) is 9.12. The molecule has 21 heavy (non-hydrogen) atoms. The van der Waals surface area contributed by atoms with Gasteiger partial charge in [-0.2, -0.15) is 0 Å². The van der Waals surface area contributed by atoms with E-state index in [1.54, 1.807) is 18.1 Å². The Labute approximate surface area is 123 Å². The molecule has 1 aliphatic rings. The fraction of sp³-hybridized carbons (Fsp3) is 0.467. The van der Waals surface area contributed by atoms with Gasteiger partial charge in [-0.3, -0.25) is 9.59 Å². The van der Waals surface area contributed by atoms with Gasteiger partial charge in [0.2, 0.25) is 5.91 Å². The van der Waals surface area contributed by atoms with Crippen molar-refractivity contribution in [3.05, 3.63) is 23.3 Å². The SMILES string of the molecule is COc1cc2c(cc1OC)C(CC(=O)O)N(C(C)=O)CC2. The number of carbonyl (C=O) groups is 2. The zero-order valence-corrected chi connectivity index (χ0v) is 12.4. The lowest BCUT2D eigenvalue weighted by molar-refractivity contribution is -0.140. The standard InChI is InChI=1S/C15H19NO5/c1-9(17)16-5-4-10-6-13(20-2)14(21-3)7-11(10)12(16)8-15(18)19/h6-7,12H,4-5,8H2,1-3H3,(H,18,19). The number of nitrogens with zero attached hydrogens (tertiary/aromatic N) is 1. The Hall–Kier alpha value is -2.24. The number of ether oxygens (including phenoxy) is 2. The Morgan fingerprint density at radius 2 is 1.90 bits per heavy atom. The van der Waals surface area contributed by atoms with Crippen LogP contribution >= 0.6 is 0 Å². The third-order valence-electron chi connectivity index (χ3n) is 3.78. The summed E-state index contributed by atoms with van der Waals surface area (Å²) in [5.74, 6) is 0.0919. The van der Waals surface area contributed by atoms with Crippen molar-refractivity contribution in [1.29, 1.82) is 0 Å². The van der Waals surface area contributed by atoms with Crippen molar-refractivity contribution < 1.29 is 24.2 Å². The minimum absolute atomic E-state index is 0.123. The second-order valence-electron chi connectivity index (χ2n) is 4.98. The molecule has 0 bridgehead atoms. The summed E-state index contributed by atoms with van der Waals surface area (Å²) in [6.07, 6.45) is 0.549. The summed E-state index contributed by atoms with van der Waals surface area (Å²) in [7, 11) is 3.09. The van der Waals surface area contributed by atoms with Crippen molar-refractivity contribution in [2.75, 3.05) is 20.8 Å². The van der Waals surface area contributed by atoms with Crippen molar-refractivity contribution in [1.82, 2.24) is 4.90 Å². The number of hydrogen-bond acceptors (Lipinski definition) is 4. The van der Waals surface area contributed by atoms with Gasteiger partial charge in [-0.15, -0.1) is 0 Å². The van der Waals surface area contributed by atoms with Crippen LogP contribution in [0.5, 0.6) is 11.5 Å². The van der Waals surface area contributed by atoms with Crippen LogP contribution in [0.3, 0.4) is 0 Å². The second kappa shape index (κ2) is 6.03. The molecule has 0 aliphatic carbocycles. The zero-order chi connectivity index (χ0) is 15.6. The van der Waals surface area contributed by atoms with Gasteiger partial charge in [-0.05, 0) is 29.7 Å². The van der Waals surface area contributed by atoms with Crippen LogP contribution in [0.15, 0.2) is 12.1 Å². The molecule has 114 valence electrons. The minimum atomic E-state index is -0.936. The first kappa shape index (κ1) is 15.2. The molecular formula is C15H19NO5. The van der Waals surface area contributed by atoms with E-state index in [2.05, 4.69) is 0 Å². The lowest BCUT2D eigenvalue weighted by Crippen LogP contribution is -2.39. The monoisotopic (exact) mass is 293 g/mol. The lowest BCUT2D eigenvalue weighted by atomic mass is 9.90. The highest BCUT2D eigenvalue weighted by Gasteiger charge is 2.32. The number of aliphatic carboxylic acids is 1. The molecule has 6 nitrogen and oxygen atoms in total. The average molecular weight is 293 g/mol. The van der Waals surface area contributed by atoms with Crippen LogP contribution in [0.1, 0.15) is 30.5 Å². The van der Waals surface area contributed by atoms with Gasteiger partial charge >= 0.3 is 5.97 Å². The normalized spacial score (nSPS) is 17.1. The van der Waals surface area contributed by atoms with Crippen molar-refractivity contribution >= 4 is 11.9 Å². The van der Waals surface area contributed by atoms with E-state index >= 15 is 0 Å². The first-order valence-electron chi connectivity index (χ1n) is 6.71. The third-order valence-corrected chi connectivity index (χ3v) is 3.78. The summed E-state index contributed by atoms with van der Waals surface area (Å²) in [6.45, 7) is 1.97. The Morgan fingerprint density at radius 3 is 2.43 bits per heavy atom. The van der Waals surface area contributed by atoms with Gasteiger partial charge in [0.15, 0.2) is 11.5 Å². The number of fused-ring (bicyclic) bond motifs is 1. The molecule has 0 radical (unpaired) electrons. The Morgan fingerprint density at radius 1 is 1.29 bits per heavy atom. The van der Waals surface area contributed by atoms with Crippen molar-refractivity contribution in [2.45, 2.75) is 25.8 Å². The first-order chi connectivity index (χ1) is 9.97. The Kier molecular flexibility index (Phi) is 4.35. The van der Waals surface area contributed by atoms with Crippen LogP contribution in [-0.2, 0) is 16.0 Å². The number of methoxy groups -OCH3 is 2. The van der Waals surface area contributed by atoms with E-state index in [1.165, 1.54) is 14.0 Å². The summed E-state index contributed by atoms with van der Waals surface area (Å²) in [5.41, 5.74) is 1.81. The Balaban J connectivity index is 2.51. The summed E-state index contributed by atoms with van der Waals surface area (Å²) in [4.78, 5) is 24.5. The maximum Gasteiger partial charge on any atom is 0.305 e. The molecule has 1 heterocycles. The zero-order valence-electron chi connectivity index (χ0n) is 12.4. The lowest BCUT2D eigenvalue weighted by Gasteiger charge is -2.36. The fourth-order valence-electron chi connectivity index (χ4n) is 2.79. The minimum Gasteiger partial charge on any atom is -0.493 e. The average Bonchev–Trinajstić information content (AvgIpc) is 2.45. The highest BCUT2D eigenvalue weighted by atomic mass is 16.5. The van der Waals surface area contributed by atoms with E-state index in [1.807, 2.05) is 6.07 Å². The smallest absolute Gasteiger partial charge is 0.305 e. The Bertz CT molecular complexity index is 569. The molecule has 1 aromatic rings. The predicted octanol–water partition coefficient (Wildman–Crippen LogP) is 1.62. The van der Waals surface area contributed by atoms with Crippen molar-refractivity contribution in [2.24, 2.45) is 0 Å². The molecule has 1 N–H and O–H groups in total. The van der Waals surface area contributed by atoms with Crippen LogP contribution < -0.4 is 9.47 Å². The molecule has 1 aromatic carbocycles. The molecule has 0 aromatic heterocycles. The molecule has 1 atom stereocenters. The van der Waals surface area contributed by atoms with Crippen molar-refractivity contribution in [3.63, 3.8) is 0 Å². The van der Waals surface area contributed by atoms with Gasteiger partial charge in [0, 0.05) is 13.5 Å². The number of rotatable bonds is 4. The molecule has 1 unspecified atom stereocenters. The maximum absolute atomic E-state index is 11.8. The number of carboxylic acids is 1. The van der Waals surface area contributed by atoms with Gasteiger partial charge in [-0.1, -0.05) is 0 Å². The first-order valence-corrected chi connectivity index (χ1v) is 6.71. The van der Waals surface area contributed by atoms with E-state index in [4.69, 9.17) is 14.6 Å². The van der Waals surface area contributed by atoms with E-state index in [0.717, 1.165) is 11.1 Å². The summed E-state index contributed by atoms with van der Waals surface area (Å²) in [6, 6.07) is 3.17. The maximum atomic E-state index is 11.8. The molecule has 6 heteroatoms. The second-order valence-corrected chi connectivity index (χ2v) is 4.98. The molecule has 2 rings (SSSR count). The van der Waals surface area contributed by atoms with Gasteiger partial charge < -0.3 is 19.5 Å². The molecule has 0 spiro atoms. The third kappa shape index (κ3) is 2.94. The van der Waals surface area contributed by atoms with Crippen LogP contribution in [-0.4, -0.2) is 42.6 Å². The van der Waals surface area contributed by atoms with Crippen LogP contribution in [0.4, 0.5) is 0 Å². The molecule has 1 amide bonds. The molecule has 0 fully saturated rings. The van der Waals surface area contributed by atoms with Crippen LogP contribution in [0.25, 0.3) is 0 Å². The van der Waals surface area contributed by atoms with E-state index < -0.39 is 12.0 Å². The fourth-order valence-corrected chi connectivity index (χ4v) is 2.79. The van der Waals surface area contributed by atoms with Crippen LogP contribution in [0, 0.1) is 0 Å². The van der Waals surface area contributed by atoms with Crippen molar-refractivity contribution in [3.8, 4) is 11.5 Å². The van der Waals surface area contributed by atoms with Gasteiger partial charge in [0.05, 0.1) is 26.7 Å². The number of amides is 1. The molecular weight excluding hydrogens is 274 g/mol. The van der Waals surface area contributed by atoms with E-state index in [-0.39, 0.29) is 12.3 Å². The highest BCUT2D eigenvalue weighted by Crippen LogP contribution is 2.39. The molecule has 0 saturated carbocycles. The van der Waals surface area contributed by atoms with Crippen LogP contribution in [0.2, 0.25) is 0 Å². The number of carboxylic acid groups (broad SMARTS) is 1. The number of carbonyl (C=O) groups excluding carboxylic acids is 1. The molecule has 0 saturated heterocycles. The van der Waals surface area contributed by atoms with E-state index in [0.29, 0.717) is 24.5 Å². The van der Waals surface area contributed by atoms with Gasteiger partial charge in [0.25, 0.3) is 0 Å². The quantitative estimate of drug-likeness (QED) is 0.913. The summed E-state index contributed by atoms with van der Waals surface area (Å²) >= 11 is 0. The highest BCUT2D eigenvalue weighted by molar-refractivity contribution is 5.76.